The number of amides is 1. The van der Waals surface area contributed by atoms with Crippen LogP contribution in [0.5, 0.6) is 0 Å². The number of fused-ring (bicyclic) bond motifs is 1. The van der Waals surface area contributed by atoms with Gasteiger partial charge in [0.2, 0.25) is 5.91 Å². The predicted molar refractivity (Wildman–Crippen MR) is 167 cm³/mol. The number of rotatable bonds is 6. The van der Waals surface area contributed by atoms with Gasteiger partial charge in [0.25, 0.3) is 0 Å². The molecule has 2 aliphatic rings. The molecule has 45 heavy (non-hydrogen) atoms. The minimum Gasteiger partial charge on any atom is -0.475 e. The minimum atomic E-state index is -5.08. The molecule has 1 atom stereocenters. The van der Waals surface area contributed by atoms with Crippen molar-refractivity contribution in [3.63, 3.8) is 0 Å². The maximum atomic E-state index is 14.0. The van der Waals surface area contributed by atoms with Crippen molar-refractivity contribution in [1.82, 2.24) is 9.97 Å². The number of hydrogen-bond donors (Lipinski definition) is 2. The molecular formula is C32H30ClF3N6O3. The van der Waals surface area contributed by atoms with Gasteiger partial charge >= 0.3 is 12.1 Å². The van der Waals surface area contributed by atoms with Gasteiger partial charge in [-0.25, -0.2) is 14.8 Å². The Morgan fingerprint density at radius 3 is 2.04 bits per heavy atom. The molecule has 6 rings (SSSR count). The fraction of sp³-hybridized carbons (Fsp3) is 0.250. The molecule has 1 saturated heterocycles. The van der Waals surface area contributed by atoms with Crippen molar-refractivity contribution in [2.24, 2.45) is 0 Å². The smallest absolute Gasteiger partial charge is 0.475 e. The number of alkyl halides is 3. The Labute approximate surface area is 262 Å². The number of anilines is 4. The largest absolute Gasteiger partial charge is 0.490 e. The van der Waals surface area contributed by atoms with Crippen LogP contribution in [-0.4, -0.2) is 65.3 Å². The number of para-hydroxylation sites is 1. The third-order valence-electron chi connectivity index (χ3n) is 7.43. The SMILES string of the molecule is O=C(O)C(F)(F)F.O=C1C(Cc2ccccc2)Nc2ncnc(N3CCN(c4ccccc4)CC3)c2N1Cc1ccc(Cl)cc1. The maximum absolute atomic E-state index is 14.0. The molecule has 9 nitrogen and oxygen atoms in total. The highest BCUT2D eigenvalue weighted by atomic mass is 35.5. The average Bonchev–Trinajstić information content (AvgIpc) is 3.04. The van der Waals surface area contributed by atoms with Crippen LogP contribution in [0.4, 0.5) is 36.2 Å². The fourth-order valence-corrected chi connectivity index (χ4v) is 5.34. The minimum absolute atomic E-state index is 0.00951. The first-order valence-corrected chi connectivity index (χ1v) is 14.5. The molecule has 1 unspecified atom stereocenters. The molecule has 1 fully saturated rings. The standard InChI is InChI=1S/C30H29ClN6O.C2HF3O2/c31-24-13-11-23(12-14-24)20-37-27-28(34-26(30(37)38)19-22-7-3-1-4-8-22)32-21-33-29(27)36-17-15-35(16-18-36)25-9-5-2-6-10-25;3-2(4,5)1(6)7/h1-14,21,26H,15-20H2,(H,32,33,34);(H,6,7). The lowest BCUT2D eigenvalue weighted by Gasteiger charge is -2.40. The second-order valence-electron chi connectivity index (χ2n) is 10.4. The summed E-state index contributed by atoms with van der Waals surface area (Å²) in [5, 5.41) is 11.2. The molecule has 234 valence electrons. The zero-order valence-corrected chi connectivity index (χ0v) is 24.7. The molecule has 4 aromatic rings. The van der Waals surface area contributed by atoms with Gasteiger partial charge in [0.1, 0.15) is 18.1 Å². The summed E-state index contributed by atoms with van der Waals surface area (Å²) in [6.07, 6.45) is -2.91. The van der Waals surface area contributed by atoms with Crippen molar-refractivity contribution < 1.29 is 27.9 Å². The summed E-state index contributed by atoms with van der Waals surface area (Å²) in [7, 11) is 0. The van der Waals surface area contributed by atoms with Crippen molar-refractivity contribution in [2.75, 3.05) is 46.2 Å². The summed E-state index contributed by atoms with van der Waals surface area (Å²) in [6, 6.07) is 27.8. The number of aliphatic carboxylic acids is 1. The molecule has 3 aromatic carbocycles. The molecule has 0 radical (unpaired) electrons. The van der Waals surface area contributed by atoms with Crippen LogP contribution in [0.15, 0.2) is 91.3 Å². The topological polar surface area (TPSA) is 102 Å². The third-order valence-corrected chi connectivity index (χ3v) is 7.68. The van der Waals surface area contributed by atoms with Gasteiger partial charge in [-0.2, -0.15) is 13.2 Å². The van der Waals surface area contributed by atoms with E-state index in [9.17, 15) is 18.0 Å². The number of benzene rings is 3. The Bertz CT molecular complexity index is 1600. The molecule has 3 heterocycles. The maximum Gasteiger partial charge on any atom is 0.490 e. The zero-order valence-electron chi connectivity index (χ0n) is 24.0. The number of carbonyl (C=O) groups is 2. The van der Waals surface area contributed by atoms with Gasteiger partial charge in [-0.05, 0) is 35.4 Å². The van der Waals surface area contributed by atoms with Crippen molar-refractivity contribution in [3.8, 4) is 0 Å². The van der Waals surface area contributed by atoms with E-state index < -0.39 is 18.2 Å². The van der Waals surface area contributed by atoms with E-state index in [1.165, 1.54) is 5.69 Å². The molecule has 1 aromatic heterocycles. The number of hydrogen-bond acceptors (Lipinski definition) is 7. The summed E-state index contributed by atoms with van der Waals surface area (Å²) >= 11 is 6.14. The number of halogens is 4. The zero-order chi connectivity index (χ0) is 32.0. The molecule has 0 spiro atoms. The Morgan fingerprint density at radius 1 is 0.867 bits per heavy atom. The second-order valence-corrected chi connectivity index (χ2v) is 10.9. The molecule has 0 aliphatic carbocycles. The number of aromatic nitrogens is 2. The first kappa shape index (κ1) is 31.6. The van der Waals surface area contributed by atoms with Crippen LogP contribution in [-0.2, 0) is 22.6 Å². The van der Waals surface area contributed by atoms with Gasteiger partial charge in [-0.1, -0.05) is 72.3 Å². The van der Waals surface area contributed by atoms with Gasteiger partial charge in [0.15, 0.2) is 11.6 Å². The summed E-state index contributed by atoms with van der Waals surface area (Å²) in [5.41, 5.74) is 4.06. The summed E-state index contributed by atoms with van der Waals surface area (Å²) < 4.78 is 31.7. The van der Waals surface area contributed by atoms with Gasteiger partial charge in [-0.15, -0.1) is 0 Å². The molecule has 2 aliphatic heterocycles. The van der Waals surface area contributed by atoms with E-state index >= 15 is 0 Å². The second kappa shape index (κ2) is 13.9. The molecular weight excluding hydrogens is 609 g/mol. The van der Waals surface area contributed by atoms with Crippen molar-refractivity contribution >= 4 is 46.5 Å². The molecule has 2 N–H and O–H groups in total. The Hall–Kier alpha value is -4.84. The Balaban J connectivity index is 0.000000515. The van der Waals surface area contributed by atoms with E-state index in [2.05, 4.69) is 44.4 Å². The first-order valence-electron chi connectivity index (χ1n) is 14.2. The van der Waals surface area contributed by atoms with E-state index in [0.29, 0.717) is 23.8 Å². The van der Waals surface area contributed by atoms with Crippen molar-refractivity contribution in [2.45, 2.75) is 25.2 Å². The van der Waals surface area contributed by atoms with Crippen LogP contribution in [0.3, 0.4) is 0 Å². The highest BCUT2D eigenvalue weighted by Gasteiger charge is 2.39. The normalized spacial score (nSPS) is 16.3. The van der Waals surface area contributed by atoms with Gasteiger partial charge < -0.3 is 20.2 Å². The van der Waals surface area contributed by atoms with Crippen LogP contribution >= 0.6 is 11.6 Å². The van der Waals surface area contributed by atoms with Gasteiger partial charge in [0, 0.05) is 43.3 Å². The van der Waals surface area contributed by atoms with E-state index in [1.54, 1.807) is 6.33 Å². The van der Waals surface area contributed by atoms with E-state index in [0.717, 1.165) is 48.8 Å². The number of nitrogens with zero attached hydrogens (tertiary/aromatic N) is 5. The van der Waals surface area contributed by atoms with Crippen LogP contribution in [0, 0.1) is 0 Å². The highest BCUT2D eigenvalue weighted by Crippen LogP contribution is 2.39. The lowest BCUT2D eigenvalue weighted by Crippen LogP contribution is -2.51. The van der Waals surface area contributed by atoms with Crippen LogP contribution in [0.1, 0.15) is 11.1 Å². The monoisotopic (exact) mass is 638 g/mol. The number of carboxylic acid groups (broad SMARTS) is 1. The Kier molecular flexibility index (Phi) is 9.72. The number of carbonyl (C=O) groups excluding carboxylic acids is 1. The lowest BCUT2D eigenvalue weighted by molar-refractivity contribution is -0.192. The summed E-state index contributed by atoms with van der Waals surface area (Å²) in [4.78, 5) is 38.7. The predicted octanol–water partition coefficient (Wildman–Crippen LogP) is 5.66. The third kappa shape index (κ3) is 7.82. The molecule has 0 saturated carbocycles. The van der Waals surface area contributed by atoms with Crippen LogP contribution < -0.4 is 20.0 Å². The number of nitrogens with one attached hydrogen (secondary N) is 1. The van der Waals surface area contributed by atoms with Crippen molar-refractivity contribution in [3.05, 3.63) is 107 Å². The average molecular weight is 639 g/mol. The van der Waals surface area contributed by atoms with Crippen molar-refractivity contribution in [1.29, 1.82) is 0 Å². The lowest BCUT2D eigenvalue weighted by atomic mass is 10.0. The Morgan fingerprint density at radius 2 is 1.44 bits per heavy atom. The van der Waals surface area contributed by atoms with E-state index in [1.807, 2.05) is 65.6 Å². The number of piperazine rings is 1. The first-order chi connectivity index (χ1) is 21.6. The fourth-order valence-electron chi connectivity index (χ4n) is 5.21. The molecule has 0 bridgehead atoms. The van der Waals surface area contributed by atoms with Crippen LogP contribution in [0.25, 0.3) is 0 Å². The summed E-state index contributed by atoms with van der Waals surface area (Å²) in [5.74, 6) is -1.27. The van der Waals surface area contributed by atoms with Gasteiger partial charge in [0.05, 0.1) is 6.54 Å². The van der Waals surface area contributed by atoms with Gasteiger partial charge in [-0.3, -0.25) is 9.69 Å². The van der Waals surface area contributed by atoms with E-state index in [-0.39, 0.29) is 5.91 Å². The number of carboxylic acids is 1. The van der Waals surface area contributed by atoms with E-state index in [4.69, 9.17) is 26.5 Å². The molecule has 13 heteroatoms. The summed E-state index contributed by atoms with van der Waals surface area (Å²) in [6.45, 7) is 3.76. The molecule has 1 amide bonds. The quantitative estimate of drug-likeness (QED) is 0.279. The van der Waals surface area contributed by atoms with Crippen LogP contribution in [0.2, 0.25) is 5.02 Å². The highest BCUT2D eigenvalue weighted by molar-refractivity contribution is 6.30.